The van der Waals surface area contributed by atoms with Crippen LogP contribution < -0.4 is 0 Å². The average Bonchev–Trinajstić information content (AvgIpc) is 3.18. The predicted octanol–water partition coefficient (Wildman–Crippen LogP) is 7.94. The highest BCUT2D eigenvalue weighted by Gasteiger charge is 2.38. The average molecular weight is 451 g/mol. The van der Waals surface area contributed by atoms with E-state index in [-0.39, 0.29) is 11.9 Å². The van der Waals surface area contributed by atoms with Crippen molar-refractivity contribution in [1.82, 2.24) is 0 Å². The quantitative estimate of drug-likeness (QED) is 0.107. The van der Waals surface area contributed by atoms with Crippen molar-refractivity contribution < 1.29 is 19.1 Å². The second-order valence-corrected chi connectivity index (χ2v) is 9.63. The van der Waals surface area contributed by atoms with E-state index in [2.05, 4.69) is 13.8 Å². The minimum absolute atomic E-state index is 0.241. The highest BCUT2D eigenvalue weighted by atomic mass is 16.5. The van der Waals surface area contributed by atoms with Crippen LogP contribution in [0.2, 0.25) is 0 Å². The number of hydrogen-bond acceptors (Lipinski definition) is 4. The van der Waals surface area contributed by atoms with Gasteiger partial charge < -0.3 is 9.47 Å². The molecule has 0 radical (unpaired) electrons. The maximum absolute atomic E-state index is 12.6. The summed E-state index contributed by atoms with van der Waals surface area (Å²) in [6.07, 6.45) is 22.0. The number of ether oxygens (including phenoxy) is 2. The lowest BCUT2D eigenvalue weighted by Gasteiger charge is -2.17. The Labute approximate surface area is 197 Å². The molecular formula is C28H50O4. The number of unbranched alkanes of at least 4 members (excludes halogenated alkanes) is 14. The number of hydrogen-bond donors (Lipinski definition) is 0. The Balaban J connectivity index is 2.16. The van der Waals surface area contributed by atoms with Crippen LogP contribution in [0.1, 0.15) is 130 Å². The van der Waals surface area contributed by atoms with Crippen molar-refractivity contribution in [3.63, 3.8) is 0 Å². The van der Waals surface area contributed by atoms with Gasteiger partial charge in [-0.25, -0.2) is 0 Å². The fourth-order valence-electron chi connectivity index (χ4n) is 4.45. The molecule has 0 aliphatic heterocycles. The zero-order chi connectivity index (χ0) is 23.4. The molecule has 0 aromatic carbocycles. The third-order valence-electron chi connectivity index (χ3n) is 6.50. The summed E-state index contributed by atoms with van der Waals surface area (Å²) in [5, 5.41) is 0. The molecule has 1 rings (SSSR count). The van der Waals surface area contributed by atoms with E-state index in [1.807, 2.05) is 13.0 Å². The van der Waals surface area contributed by atoms with Crippen LogP contribution in [0.4, 0.5) is 0 Å². The van der Waals surface area contributed by atoms with Crippen LogP contribution in [-0.4, -0.2) is 25.2 Å². The summed E-state index contributed by atoms with van der Waals surface area (Å²) >= 11 is 0. The van der Waals surface area contributed by atoms with Gasteiger partial charge in [-0.05, 0) is 26.2 Å². The number of allylic oxidation sites excluding steroid dienone is 1. The van der Waals surface area contributed by atoms with Crippen LogP contribution in [0.3, 0.4) is 0 Å². The SMILES string of the molecule is CCCCCCCCCCOC(=O)C1C=C(C)CC1C(=O)OCCCCCCCCCC. The normalized spacial score (nSPS) is 17.9. The van der Waals surface area contributed by atoms with Crippen LogP contribution >= 0.6 is 0 Å². The van der Waals surface area contributed by atoms with Gasteiger partial charge in [0.15, 0.2) is 0 Å². The minimum atomic E-state index is -0.477. The Morgan fingerprint density at radius 1 is 0.688 bits per heavy atom. The highest BCUT2D eigenvalue weighted by Crippen LogP contribution is 2.32. The van der Waals surface area contributed by atoms with Gasteiger partial charge in [0, 0.05) is 0 Å². The monoisotopic (exact) mass is 450 g/mol. The third kappa shape index (κ3) is 13.3. The largest absolute Gasteiger partial charge is 0.465 e. The fourth-order valence-corrected chi connectivity index (χ4v) is 4.45. The summed E-state index contributed by atoms with van der Waals surface area (Å²) < 4.78 is 11.0. The highest BCUT2D eigenvalue weighted by molar-refractivity contribution is 5.85. The van der Waals surface area contributed by atoms with Crippen molar-refractivity contribution in [2.75, 3.05) is 13.2 Å². The van der Waals surface area contributed by atoms with Crippen LogP contribution in [0.25, 0.3) is 0 Å². The topological polar surface area (TPSA) is 52.6 Å². The molecule has 0 spiro atoms. The van der Waals surface area contributed by atoms with Gasteiger partial charge in [-0.2, -0.15) is 0 Å². The molecule has 4 heteroatoms. The summed E-state index contributed by atoms with van der Waals surface area (Å²) in [5.74, 6) is -1.39. The summed E-state index contributed by atoms with van der Waals surface area (Å²) in [4.78, 5) is 25.1. The standard InChI is InChI=1S/C28H50O4/c1-4-6-8-10-12-14-16-18-20-31-27(29)25-22-24(3)23-26(25)28(30)32-21-19-17-15-13-11-9-7-5-2/h22,25-26H,4-21,23H2,1-3H3. The molecule has 0 N–H and O–H groups in total. The summed E-state index contributed by atoms with van der Waals surface area (Å²) in [5.41, 5.74) is 1.08. The lowest BCUT2D eigenvalue weighted by molar-refractivity contribution is -0.158. The molecule has 0 heterocycles. The first-order chi connectivity index (χ1) is 15.6. The van der Waals surface area contributed by atoms with E-state index in [9.17, 15) is 9.59 Å². The third-order valence-corrected chi connectivity index (χ3v) is 6.50. The van der Waals surface area contributed by atoms with E-state index in [0.717, 1.165) is 31.3 Å². The molecule has 0 aromatic heterocycles. The first kappa shape index (κ1) is 28.7. The number of carbonyl (C=O) groups excluding carboxylic acids is 2. The molecule has 1 aliphatic rings. The van der Waals surface area contributed by atoms with Crippen LogP contribution in [0, 0.1) is 11.8 Å². The fraction of sp³-hybridized carbons (Fsp3) is 0.857. The van der Waals surface area contributed by atoms with Gasteiger partial charge in [-0.15, -0.1) is 0 Å². The zero-order valence-corrected chi connectivity index (χ0v) is 21.3. The smallest absolute Gasteiger partial charge is 0.313 e. The van der Waals surface area contributed by atoms with E-state index in [4.69, 9.17) is 9.47 Å². The van der Waals surface area contributed by atoms with Crippen molar-refractivity contribution in [3.05, 3.63) is 11.6 Å². The van der Waals surface area contributed by atoms with Crippen LogP contribution in [0.15, 0.2) is 11.6 Å². The molecule has 0 fully saturated rings. The first-order valence-corrected chi connectivity index (χ1v) is 13.6. The molecular weight excluding hydrogens is 400 g/mol. The molecule has 0 bridgehead atoms. The predicted molar refractivity (Wildman–Crippen MR) is 132 cm³/mol. The summed E-state index contributed by atoms with van der Waals surface area (Å²) in [6.45, 7) is 7.36. The van der Waals surface area contributed by atoms with Gasteiger partial charge in [-0.3, -0.25) is 9.59 Å². The molecule has 0 aromatic rings. The number of esters is 2. The van der Waals surface area contributed by atoms with E-state index in [1.165, 1.54) is 77.0 Å². The molecule has 32 heavy (non-hydrogen) atoms. The Bertz CT molecular complexity index is 526. The lowest BCUT2D eigenvalue weighted by Crippen LogP contribution is -2.29. The molecule has 186 valence electrons. The Morgan fingerprint density at radius 3 is 1.56 bits per heavy atom. The zero-order valence-electron chi connectivity index (χ0n) is 21.3. The van der Waals surface area contributed by atoms with Gasteiger partial charge >= 0.3 is 11.9 Å². The molecule has 0 amide bonds. The van der Waals surface area contributed by atoms with Gasteiger partial charge in [-0.1, -0.05) is 115 Å². The van der Waals surface area contributed by atoms with E-state index in [0.29, 0.717) is 19.6 Å². The van der Waals surface area contributed by atoms with Gasteiger partial charge in [0.25, 0.3) is 0 Å². The Kier molecular flexibility index (Phi) is 17.2. The molecule has 1 aliphatic carbocycles. The Hall–Kier alpha value is -1.32. The maximum Gasteiger partial charge on any atom is 0.313 e. The Morgan fingerprint density at radius 2 is 1.09 bits per heavy atom. The van der Waals surface area contributed by atoms with Crippen molar-refractivity contribution in [2.24, 2.45) is 11.8 Å². The van der Waals surface area contributed by atoms with Crippen molar-refractivity contribution in [1.29, 1.82) is 0 Å². The second-order valence-electron chi connectivity index (χ2n) is 9.63. The molecule has 0 saturated carbocycles. The van der Waals surface area contributed by atoms with E-state index < -0.39 is 11.8 Å². The van der Waals surface area contributed by atoms with Gasteiger partial charge in [0.05, 0.1) is 25.0 Å². The van der Waals surface area contributed by atoms with E-state index >= 15 is 0 Å². The maximum atomic E-state index is 12.6. The summed E-state index contributed by atoms with van der Waals surface area (Å²) in [6, 6.07) is 0. The molecule has 4 nitrogen and oxygen atoms in total. The minimum Gasteiger partial charge on any atom is -0.465 e. The van der Waals surface area contributed by atoms with Gasteiger partial charge in [0.1, 0.15) is 0 Å². The van der Waals surface area contributed by atoms with Crippen molar-refractivity contribution in [3.8, 4) is 0 Å². The molecule has 0 saturated heterocycles. The van der Waals surface area contributed by atoms with Crippen molar-refractivity contribution >= 4 is 11.9 Å². The van der Waals surface area contributed by atoms with Crippen molar-refractivity contribution in [2.45, 2.75) is 130 Å². The number of rotatable bonds is 20. The lowest BCUT2D eigenvalue weighted by atomic mass is 9.95. The van der Waals surface area contributed by atoms with Crippen LogP contribution in [-0.2, 0) is 19.1 Å². The van der Waals surface area contributed by atoms with Crippen LogP contribution in [0.5, 0.6) is 0 Å². The second kappa shape index (κ2) is 19.2. The summed E-state index contributed by atoms with van der Waals surface area (Å²) in [7, 11) is 0. The number of carbonyl (C=O) groups is 2. The van der Waals surface area contributed by atoms with Gasteiger partial charge in [0.2, 0.25) is 0 Å². The van der Waals surface area contributed by atoms with E-state index in [1.54, 1.807) is 0 Å². The molecule has 2 unspecified atom stereocenters. The molecule has 2 atom stereocenters. The first-order valence-electron chi connectivity index (χ1n) is 13.6.